The predicted octanol–water partition coefficient (Wildman–Crippen LogP) is 0.612. The van der Waals surface area contributed by atoms with Gasteiger partial charge in [-0.05, 0) is 25.0 Å². The summed E-state index contributed by atoms with van der Waals surface area (Å²) in [5.74, 6) is 1.03. The van der Waals surface area contributed by atoms with Crippen LogP contribution in [0.4, 0.5) is 0 Å². The number of hydrogen-bond donors (Lipinski definition) is 2. The lowest BCUT2D eigenvalue weighted by atomic mass is 10.2. The van der Waals surface area contributed by atoms with E-state index in [0.717, 1.165) is 23.0 Å². The molecule has 1 aromatic heterocycles. The maximum absolute atomic E-state index is 12.3. The molecule has 24 heavy (non-hydrogen) atoms. The summed E-state index contributed by atoms with van der Waals surface area (Å²) in [6, 6.07) is 4.84. The Balaban J connectivity index is 1.68. The first-order valence-electron chi connectivity index (χ1n) is 7.65. The summed E-state index contributed by atoms with van der Waals surface area (Å²) in [5.41, 5.74) is 1.59. The van der Waals surface area contributed by atoms with Gasteiger partial charge in [0.2, 0.25) is 15.9 Å². The van der Waals surface area contributed by atoms with E-state index in [1.807, 2.05) is 18.2 Å². The van der Waals surface area contributed by atoms with Gasteiger partial charge in [-0.15, -0.1) is 0 Å². The molecule has 0 aliphatic carbocycles. The molecule has 1 aliphatic rings. The molecule has 1 aromatic carbocycles. The Morgan fingerprint density at radius 3 is 3.00 bits per heavy atom. The number of amides is 1. The topological polar surface area (TPSA) is 104 Å². The van der Waals surface area contributed by atoms with Crippen molar-refractivity contribution in [1.82, 2.24) is 19.6 Å². The van der Waals surface area contributed by atoms with Crippen molar-refractivity contribution < 1.29 is 17.9 Å². The lowest BCUT2D eigenvalue weighted by Crippen LogP contribution is -2.45. The van der Waals surface area contributed by atoms with Gasteiger partial charge >= 0.3 is 0 Å². The Kier molecular flexibility index (Phi) is 4.46. The third-order valence-corrected chi connectivity index (χ3v) is 5.39. The Bertz CT molecular complexity index is 861. The molecule has 8 nitrogen and oxygen atoms in total. The lowest BCUT2D eigenvalue weighted by molar-refractivity contribution is -0.124. The van der Waals surface area contributed by atoms with Crippen LogP contribution in [0.2, 0.25) is 0 Å². The highest BCUT2D eigenvalue weighted by atomic mass is 32.2. The molecule has 1 atom stereocenters. The van der Waals surface area contributed by atoms with Gasteiger partial charge in [0.25, 0.3) is 0 Å². The highest BCUT2D eigenvalue weighted by molar-refractivity contribution is 7.88. The molecule has 1 saturated heterocycles. The molecule has 1 aliphatic heterocycles. The van der Waals surface area contributed by atoms with Crippen LogP contribution in [0.15, 0.2) is 18.2 Å². The van der Waals surface area contributed by atoms with Crippen molar-refractivity contribution in [2.45, 2.75) is 25.4 Å². The van der Waals surface area contributed by atoms with E-state index in [1.54, 1.807) is 7.11 Å². The molecule has 2 heterocycles. The van der Waals surface area contributed by atoms with Crippen LogP contribution < -0.4 is 10.1 Å². The fourth-order valence-corrected chi connectivity index (χ4v) is 4.06. The molecule has 130 valence electrons. The molecule has 1 amide bonds. The Hall–Kier alpha value is -2.13. The van der Waals surface area contributed by atoms with E-state index in [4.69, 9.17) is 4.74 Å². The summed E-state index contributed by atoms with van der Waals surface area (Å²) in [7, 11) is -1.78. The summed E-state index contributed by atoms with van der Waals surface area (Å²) >= 11 is 0. The minimum absolute atomic E-state index is 0.212. The van der Waals surface area contributed by atoms with Crippen molar-refractivity contribution in [2.75, 3.05) is 19.9 Å². The predicted molar refractivity (Wildman–Crippen MR) is 89.1 cm³/mol. The average molecular weight is 352 g/mol. The normalized spacial score (nSPS) is 18.8. The van der Waals surface area contributed by atoms with E-state index < -0.39 is 16.1 Å². The second-order valence-electron chi connectivity index (χ2n) is 5.82. The van der Waals surface area contributed by atoms with Gasteiger partial charge < -0.3 is 15.0 Å². The van der Waals surface area contributed by atoms with E-state index in [0.29, 0.717) is 25.2 Å². The minimum atomic E-state index is -3.37. The average Bonchev–Trinajstić information content (AvgIpc) is 3.17. The van der Waals surface area contributed by atoms with Crippen molar-refractivity contribution in [1.29, 1.82) is 0 Å². The zero-order chi connectivity index (χ0) is 17.3. The van der Waals surface area contributed by atoms with Crippen molar-refractivity contribution in [3.05, 3.63) is 24.0 Å². The summed E-state index contributed by atoms with van der Waals surface area (Å²) in [6.07, 6.45) is 2.36. The minimum Gasteiger partial charge on any atom is -0.497 e. The van der Waals surface area contributed by atoms with Crippen molar-refractivity contribution >= 4 is 27.0 Å². The van der Waals surface area contributed by atoms with Crippen LogP contribution in [0.25, 0.3) is 11.0 Å². The number of benzene rings is 1. The third kappa shape index (κ3) is 3.36. The van der Waals surface area contributed by atoms with Crippen LogP contribution in [0.3, 0.4) is 0 Å². The van der Waals surface area contributed by atoms with Crippen LogP contribution >= 0.6 is 0 Å². The Labute approximate surface area is 140 Å². The molecule has 9 heteroatoms. The van der Waals surface area contributed by atoms with E-state index >= 15 is 0 Å². The molecule has 0 unspecified atom stereocenters. The number of aromatic nitrogens is 2. The van der Waals surface area contributed by atoms with Crippen LogP contribution in [0.5, 0.6) is 5.75 Å². The molecular formula is C15H20N4O4S. The lowest BCUT2D eigenvalue weighted by Gasteiger charge is -2.21. The Morgan fingerprint density at radius 2 is 2.29 bits per heavy atom. The van der Waals surface area contributed by atoms with Gasteiger partial charge in [0.05, 0.1) is 30.9 Å². The Morgan fingerprint density at radius 1 is 1.50 bits per heavy atom. The number of H-pyrrole nitrogens is 1. The highest BCUT2D eigenvalue weighted by Crippen LogP contribution is 2.21. The number of rotatable bonds is 5. The number of ether oxygens (including phenoxy) is 1. The first kappa shape index (κ1) is 16.7. The van der Waals surface area contributed by atoms with Crippen LogP contribution in [0, 0.1) is 0 Å². The maximum Gasteiger partial charge on any atom is 0.238 e. The van der Waals surface area contributed by atoms with Crippen molar-refractivity contribution in [3.63, 3.8) is 0 Å². The van der Waals surface area contributed by atoms with Crippen LogP contribution in [-0.4, -0.2) is 54.6 Å². The number of nitrogens with one attached hydrogen (secondary N) is 2. The van der Waals surface area contributed by atoms with Crippen molar-refractivity contribution in [2.24, 2.45) is 0 Å². The van der Waals surface area contributed by atoms with Crippen LogP contribution in [0.1, 0.15) is 18.7 Å². The van der Waals surface area contributed by atoms with Gasteiger partial charge in [-0.2, -0.15) is 4.31 Å². The number of nitrogens with zero attached hydrogens (tertiary/aromatic N) is 2. The standard InChI is InChI=1S/C15H20N4O4S/c1-23-10-5-6-11-12(8-10)18-14(17-11)9-16-15(20)13-4-3-7-19(13)24(2,21)22/h5-6,8,13H,3-4,7,9H2,1-2H3,(H,16,20)(H,17,18)/t13-/m0/s1. The summed E-state index contributed by atoms with van der Waals surface area (Å²) in [4.78, 5) is 19.8. The molecule has 2 aromatic rings. The molecular weight excluding hydrogens is 332 g/mol. The van der Waals surface area contributed by atoms with E-state index in [9.17, 15) is 13.2 Å². The monoisotopic (exact) mass is 352 g/mol. The van der Waals surface area contributed by atoms with E-state index in [-0.39, 0.29) is 12.5 Å². The molecule has 0 spiro atoms. The number of carbonyl (C=O) groups excluding carboxylic acids is 1. The zero-order valence-electron chi connectivity index (χ0n) is 13.6. The number of carbonyl (C=O) groups is 1. The van der Waals surface area contributed by atoms with E-state index in [1.165, 1.54) is 4.31 Å². The van der Waals surface area contributed by atoms with Gasteiger partial charge in [-0.25, -0.2) is 13.4 Å². The quantitative estimate of drug-likeness (QED) is 0.820. The largest absolute Gasteiger partial charge is 0.497 e. The number of imidazole rings is 1. The van der Waals surface area contributed by atoms with Gasteiger partial charge in [0, 0.05) is 12.6 Å². The van der Waals surface area contributed by atoms with Gasteiger partial charge in [-0.1, -0.05) is 0 Å². The summed E-state index contributed by atoms with van der Waals surface area (Å²) < 4.78 is 29.8. The first-order valence-corrected chi connectivity index (χ1v) is 9.50. The maximum atomic E-state index is 12.3. The third-order valence-electron chi connectivity index (χ3n) is 4.10. The van der Waals surface area contributed by atoms with Crippen molar-refractivity contribution in [3.8, 4) is 5.75 Å². The summed E-state index contributed by atoms with van der Waals surface area (Å²) in [5, 5.41) is 2.76. The molecule has 0 saturated carbocycles. The fourth-order valence-electron chi connectivity index (χ4n) is 2.94. The van der Waals surface area contributed by atoms with Gasteiger partial charge in [0.1, 0.15) is 17.6 Å². The molecule has 0 radical (unpaired) electrons. The second-order valence-corrected chi connectivity index (χ2v) is 7.75. The SMILES string of the molecule is COc1ccc2nc(CNC(=O)[C@@H]3CCCN3S(C)(=O)=O)[nH]c2c1. The highest BCUT2D eigenvalue weighted by Gasteiger charge is 2.36. The molecule has 2 N–H and O–H groups in total. The number of methoxy groups -OCH3 is 1. The number of aromatic amines is 1. The first-order chi connectivity index (χ1) is 11.4. The molecule has 1 fully saturated rings. The van der Waals surface area contributed by atoms with Gasteiger partial charge in [0.15, 0.2) is 0 Å². The fraction of sp³-hybridized carbons (Fsp3) is 0.467. The van der Waals surface area contributed by atoms with Crippen LogP contribution in [-0.2, 0) is 21.4 Å². The van der Waals surface area contributed by atoms with Gasteiger partial charge in [-0.3, -0.25) is 4.79 Å². The second kappa shape index (κ2) is 6.40. The number of hydrogen-bond acceptors (Lipinski definition) is 5. The smallest absolute Gasteiger partial charge is 0.238 e. The molecule has 0 bridgehead atoms. The molecule has 3 rings (SSSR count). The number of fused-ring (bicyclic) bond motifs is 1. The summed E-state index contributed by atoms with van der Waals surface area (Å²) in [6.45, 7) is 0.602. The number of sulfonamides is 1. The van der Waals surface area contributed by atoms with E-state index in [2.05, 4.69) is 15.3 Å². The zero-order valence-corrected chi connectivity index (χ0v) is 14.4.